The van der Waals surface area contributed by atoms with Crippen molar-refractivity contribution in [1.82, 2.24) is 0 Å². The monoisotopic (exact) mass is 334 g/mol. The van der Waals surface area contributed by atoms with Crippen LogP contribution in [0, 0.1) is 11.3 Å². The first kappa shape index (κ1) is 15.9. The molecule has 1 atom stereocenters. The molecule has 0 aromatic rings. The second kappa shape index (κ2) is 9.04. The molecule has 0 heterocycles. The van der Waals surface area contributed by atoms with Gasteiger partial charge in [0.05, 0.1) is 0 Å². The lowest BCUT2D eigenvalue weighted by Gasteiger charge is -1.97. The lowest BCUT2D eigenvalue weighted by atomic mass is 10.4. The van der Waals surface area contributed by atoms with E-state index >= 15 is 0 Å². The molecule has 0 saturated carbocycles. The van der Waals surface area contributed by atoms with Crippen molar-refractivity contribution >= 4 is 40.1 Å². The topological polar surface area (TPSA) is 70.3 Å². The number of halogens is 2. The van der Waals surface area contributed by atoms with E-state index in [0.29, 0.717) is 0 Å². The first-order valence-electron chi connectivity index (χ1n) is 3.54. The van der Waals surface area contributed by atoms with Gasteiger partial charge in [0.25, 0.3) is 0 Å². The fourth-order valence-corrected chi connectivity index (χ4v) is 1.10. The molecule has 0 rings (SSSR count). The first-order valence-corrected chi connectivity index (χ1v) is 6.25. The number of alkyl halides is 2. The lowest BCUT2D eigenvalue weighted by Crippen LogP contribution is -2.07. The van der Waals surface area contributed by atoms with E-state index in [1.54, 1.807) is 0 Å². The average Bonchev–Trinajstić information content (AvgIpc) is 2.03. The molecule has 0 aliphatic carbocycles. The third kappa shape index (κ3) is 15.2. The van der Waals surface area contributed by atoms with Crippen molar-refractivity contribution < 1.29 is 14.0 Å². The Kier molecular flexibility index (Phi) is 11.1. The van der Waals surface area contributed by atoms with Crippen molar-refractivity contribution in [1.29, 1.82) is 5.26 Å². The Bertz CT molecular complexity index is 191. The van der Waals surface area contributed by atoms with E-state index in [0.717, 1.165) is 0 Å². The van der Waals surface area contributed by atoms with Gasteiger partial charge in [-0.15, -0.1) is 4.89 Å². The SMILES string of the molecule is CCCC.N#CC(Br)(Br)O[P+](=O)O. The summed E-state index contributed by atoms with van der Waals surface area (Å²) < 4.78 is 12.5. The van der Waals surface area contributed by atoms with E-state index < -0.39 is 11.7 Å². The molecule has 4 nitrogen and oxygen atoms in total. The number of nitriles is 1. The molecule has 0 amide bonds. The van der Waals surface area contributed by atoms with Gasteiger partial charge in [0, 0.05) is 4.57 Å². The quantitative estimate of drug-likeness (QED) is 0.633. The molecule has 0 aliphatic rings. The van der Waals surface area contributed by atoms with Crippen molar-refractivity contribution in [2.75, 3.05) is 0 Å². The summed E-state index contributed by atoms with van der Waals surface area (Å²) >= 11 is 5.34. The summed E-state index contributed by atoms with van der Waals surface area (Å²) in [5.74, 6) is 0. The Balaban J connectivity index is 0. The zero-order chi connectivity index (χ0) is 10.9. The molecule has 0 fully saturated rings. The Morgan fingerprint density at radius 1 is 1.54 bits per heavy atom. The maximum Gasteiger partial charge on any atom is 0.698 e. The molecule has 76 valence electrons. The Hall–Kier alpha value is 0.470. The highest BCUT2D eigenvalue weighted by atomic mass is 79.9. The molecule has 0 bridgehead atoms. The van der Waals surface area contributed by atoms with Crippen molar-refractivity contribution in [3.05, 3.63) is 0 Å². The summed E-state index contributed by atoms with van der Waals surface area (Å²) in [6.07, 6.45) is 2.64. The third-order valence-corrected chi connectivity index (χ3v) is 2.43. The van der Waals surface area contributed by atoms with Gasteiger partial charge >= 0.3 is 11.7 Å². The molecule has 1 unspecified atom stereocenters. The molecule has 0 radical (unpaired) electrons. The van der Waals surface area contributed by atoms with E-state index in [4.69, 9.17) is 10.2 Å². The minimum Gasteiger partial charge on any atom is -0.193 e. The van der Waals surface area contributed by atoms with Gasteiger partial charge in [0.15, 0.2) is 0 Å². The summed E-state index contributed by atoms with van der Waals surface area (Å²) in [5, 5.41) is 8.13. The largest absolute Gasteiger partial charge is 0.698 e. The summed E-state index contributed by atoms with van der Waals surface area (Å²) in [7, 11) is -2.76. The van der Waals surface area contributed by atoms with E-state index in [1.165, 1.54) is 18.9 Å². The minimum atomic E-state index is -2.76. The highest BCUT2D eigenvalue weighted by molar-refractivity contribution is 9.25. The molecular weight excluding hydrogens is 325 g/mol. The van der Waals surface area contributed by atoms with Gasteiger partial charge in [-0.05, 0) is 31.9 Å². The molecule has 7 heteroatoms. The minimum absolute atomic E-state index is 1.32. The standard InChI is InChI=1S/C4H10.C2Br2NO3P/c1-3-4-2;3-2(4,1-5)8-9(6)7/h3-4H2,1-2H3;/p+1. The van der Waals surface area contributed by atoms with Crippen LogP contribution in [0.5, 0.6) is 0 Å². The summed E-state index contributed by atoms with van der Waals surface area (Å²) in [6.45, 7) is 4.36. The van der Waals surface area contributed by atoms with Gasteiger partial charge in [-0.25, -0.2) is 0 Å². The fourth-order valence-electron chi connectivity index (χ4n) is 0.118. The van der Waals surface area contributed by atoms with Gasteiger partial charge in [-0.1, -0.05) is 31.2 Å². The molecule has 0 aromatic heterocycles. The molecule has 0 aliphatic heterocycles. The number of hydrogen-bond acceptors (Lipinski definition) is 3. The van der Waals surface area contributed by atoms with Crippen molar-refractivity contribution in [2.45, 2.75) is 30.1 Å². The van der Waals surface area contributed by atoms with E-state index in [9.17, 15) is 4.57 Å². The summed E-state index contributed by atoms with van der Waals surface area (Å²) in [4.78, 5) is 8.10. The average molecular weight is 336 g/mol. The van der Waals surface area contributed by atoms with E-state index in [2.05, 4.69) is 50.2 Å². The predicted octanol–water partition coefficient (Wildman–Crippen LogP) is 3.43. The second-order valence-corrected chi connectivity index (χ2v) is 5.91. The van der Waals surface area contributed by atoms with Crippen molar-refractivity contribution in [3.8, 4) is 6.07 Å². The van der Waals surface area contributed by atoms with Crippen LogP contribution in [0.3, 0.4) is 0 Å². The van der Waals surface area contributed by atoms with Gasteiger partial charge in [-0.3, -0.25) is 0 Å². The van der Waals surface area contributed by atoms with Crippen LogP contribution in [-0.2, 0) is 9.09 Å². The Morgan fingerprint density at radius 2 is 1.92 bits per heavy atom. The van der Waals surface area contributed by atoms with Crippen molar-refractivity contribution in [3.63, 3.8) is 0 Å². The number of rotatable bonds is 3. The predicted molar refractivity (Wildman–Crippen MR) is 57.7 cm³/mol. The highest BCUT2D eigenvalue weighted by Crippen LogP contribution is 2.35. The van der Waals surface area contributed by atoms with E-state index in [-0.39, 0.29) is 0 Å². The number of hydrogen-bond donors (Lipinski definition) is 1. The van der Waals surface area contributed by atoms with Gasteiger partial charge in [0.1, 0.15) is 6.07 Å². The van der Waals surface area contributed by atoms with Gasteiger partial charge in [0.2, 0.25) is 0 Å². The van der Waals surface area contributed by atoms with Gasteiger partial charge in [-0.2, -0.15) is 5.26 Å². The normalized spacial score (nSPS) is 10.9. The first-order chi connectivity index (χ1) is 5.89. The van der Waals surface area contributed by atoms with Crippen molar-refractivity contribution in [2.24, 2.45) is 0 Å². The number of nitrogens with zero attached hydrogens (tertiary/aromatic N) is 1. The van der Waals surface area contributed by atoms with E-state index in [1.807, 2.05) is 0 Å². The summed E-state index contributed by atoms with van der Waals surface area (Å²) in [5.41, 5.74) is 0. The fraction of sp³-hybridized carbons (Fsp3) is 0.833. The molecule has 0 spiro atoms. The summed E-state index contributed by atoms with van der Waals surface area (Å²) in [6, 6.07) is 1.54. The second-order valence-electron chi connectivity index (χ2n) is 1.96. The smallest absolute Gasteiger partial charge is 0.193 e. The van der Waals surface area contributed by atoms with Crippen LogP contribution in [0.1, 0.15) is 26.7 Å². The third-order valence-electron chi connectivity index (χ3n) is 0.823. The van der Waals surface area contributed by atoms with Crippen LogP contribution >= 0.6 is 40.1 Å². The molecule has 13 heavy (non-hydrogen) atoms. The molecule has 0 saturated heterocycles. The maximum atomic E-state index is 9.89. The van der Waals surface area contributed by atoms with Crippen LogP contribution in [0.15, 0.2) is 0 Å². The Labute approximate surface area is 95.5 Å². The van der Waals surface area contributed by atoms with Crippen LogP contribution in [0.25, 0.3) is 0 Å². The van der Waals surface area contributed by atoms with Crippen LogP contribution in [0.4, 0.5) is 0 Å². The van der Waals surface area contributed by atoms with Gasteiger partial charge < -0.3 is 0 Å². The van der Waals surface area contributed by atoms with Crippen LogP contribution < -0.4 is 0 Å². The zero-order valence-corrected chi connectivity index (χ0v) is 11.4. The maximum absolute atomic E-state index is 9.89. The lowest BCUT2D eigenvalue weighted by molar-refractivity contribution is 0.284. The highest BCUT2D eigenvalue weighted by Gasteiger charge is 2.35. The molecule has 0 aromatic carbocycles. The molecule has 1 N–H and O–H groups in total. The van der Waals surface area contributed by atoms with Crippen LogP contribution in [-0.4, -0.2) is 8.31 Å². The zero-order valence-electron chi connectivity index (χ0n) is 7.33. The molecular formula is C6H11Br2NO3P+. The Morgan fingerprint density at radius 3 is 2.00 bits per heavy atom. The van der Waals surface area contributed by atoms with Crippen LogP contribution in [0.2, 0.25) is 0 Å². The number of unbranched alkanes of at least 4 members (excludes halogenated alkanes) is 1.